The molecule has 1 fully saturated rings. The first-order valence-corrected chi connectivity index (χ1v) is 11.5. The second kappa shape index (κ2) is 10.7. The first-order chi connectivity index (χ1) is 15.2. The molecule has 1 atom stereocenters. The molecule has 31 heavy (non-hydrogen) atoms. The first-order valence-electron chi connectivity index (χ1n) is 11.5. The molecular formula is C28H32FNO. The molecule has 0 radical (unpaired) electrons. The normalized spacial score (nSPS) is 16.5. The third-order valence-electron chi connectivity index (χ3n) is 6.63. The predicted molar refractivity (Wildman–Crippen MR) is 124 cm³/mol. The third kappa shape index (κ3) is 5.81. The van der Waals surface area contributed by atoms with E-state index >= 15 is 0 Å². The molecule has 1 unspecified atom stereocenters. The Bertz CT molecular complexity index is 865. The molecule has 0 spiro atoms. The van der Waals surface area contributed by atoms with Gasteiger partial charge in [-0.3, -0.25) is 0 Å². The summed E-state index contributed by atoms with van der Waals surface area (Å²) < 4.78 is 13.1. The van der Waals surface area contributed by atoms with Crippen molar-refractivity contribution >= 4 is 0 Å². The van der Waals surface area contributed by atoms with E-state index in [1.807, 2.05) is 0 Å². The lowest BCUT2D eigenvalue weighted by Gasteiger charge is -2.36. The minimum absolute atomic E-state index is 0.261. The zero-order valence-electron chi connectivity index (χ0n) is 18.0. The Morgan fingerprint density at radius 1 is 0.774 bits per heavy atom. The molecule has 1 aliphatic rings. The molecule has 3 heteroatoms. The van der Waals surface area contributed by atoms with Crippen LogP contribution in [0.5, 0.6) is 0 Å². The van der Waals surface area contributed by atoms with E-state index in [0.717, 1.165) is 31.6 Å². The number of likely N-dealkylation sites (tertiary alicyclic amines) is 1. The Labute approximate surface area is 185 Å². The lowest BCUT2D eigenvalue weighted by atomic mass is 9.76. The number of nitrogens with zero attached hydrogens (tertiary/aromatic N) is 1. The number of aliphatic hydroxyl groups excluding tert-OH is 1. The summed E-state index contributed by atoms with van der Waals surface area (Å²) in [5.74, 6) is 0.832. The standard InChI is InChI=1S/C28H32FNO/c29-26-15-13-22(14-16-26)27(31)12-7-19-30-20-17-25(18-21-30)28(23-8-3-1-4-9-23)24-10-5-2-6-11-24/h1-6,8-11,13-16,25,27-28,31H,7,12,17-21H2. The molecule has 0 saturated carbocycles. The first kappa shape index (κ1) is 21.7. The van der Waals surface area contributed by atoms with E-state index in [2.05, 4.69) is 65.6 Å². The lowest BCUT2D eigenvalue weighted by molar-refractivity contribution is 0.139. The van der Waals surface area contributed by atoms with Crippen LogP contribution in [0.3, 0.4) is 0 Å². The fourth-order valence-corrected chi connectivity index (χ4v) is 4.93. The van der Waals surface area contributed by atoms with E-state index in [-0.39, 0.29) is 5.82 Å². The smallest absolute Gasteiger partial charge is 0.123 e. The summed E-state index contributed by atoms with van der Waals surface area (Å²) in [6, 6.07) is 28.0. The Morgan fingerprint density at radius 2 is 1.32 bits per heavy atom. The minimum atomic E-state index is -0.515. The van der Waals surface area contributed by atoms with Gasteiger partial charge in [0, 0.05) is 5.92 Å². The summed E-state index contributed by atoms with van der Waals surface area (Å²) in [5.41, 5.74) is 3.62. The van der Waals surface area contributed by atoms with Gasteiger partial charge in [-0.2, -0.15) is 0 Å². The van der Waals surface area contributed by atoms with Crippen molar-refractivity contribution in [2.24, 2.45) is 5.92 Å². The summed E-state index contributed by atoms with van der Waals surface area (Å²) in [7, 11) is 0. The SMILES string of the molecule is OC(CCCN1CCC(C(c2ccccc2)c2ccccc2)CC1)c1ccc(F)cc1. The number of aliphatic hydroxyl groups is 1. The van der Waals surface area contributed by atoms with Crippen LogP contribution >= 0.6 is 0 Å². The topological polar surface area (TPSA) is 23.5 Å². The summed E-state index contributed by atoms with van der Waals surface area (Å²) in [6.07, 6.45) is 3.52. The number of halogens is 1. The third-order valence-corrected chi connectivity index (χ3v) is 6.63. The van der Waals surface area contributed by atoms with Crippen molar-refractivity contribution in [3.05, 3.63) is 107 Å². The molecule has 0 aliphatic carbocycles. The summed E-state index contributed by atoms with van der Waals surface area (Å²) in [4.78, 5) is 2.53. The largest absolute Gasteiger partial charge is 0.388 e. The van der Waals surface area contributed by atoms with Crippen molar-refractivity contribution in [2.75, 3.05) is 19.6 Å². The second-order valence-corrected chi connectivity index (χ2v) is 8.69. The van der Waals surface area contributed by atoms with Crippen molar-refractivity contribution in [1.29, 1.82) is 0 Å². The maximum Gasteiger partial charge on any atom is 0.123 e. The van der Waals surface area contributed by atoms with E-state index in [4.69, 9.17) is 0 Å². The van der Waals surface area contributed by atoms with Crippen molar-refractivity contribution in [3.63, 3.8) is 0 Å². The maximum absolute atomic E-state index is 13.1. The predicted octanol–water partition coefficient (Wildman–Crippen LogP) is 6.18. The molecule has 1 N–H and O–H groups in total. The van der Waals surface area contributed by atoms with E-state index in [1.54, 1.807) is 12.1 Å². The molecule has 0 bridgehead atoms. The number of benzene rings is 3. The van der Waals surface area contributed by atoms with Gasteiger partial charge >= 0.3 is 0 Å². The monoisotopic (exact) mass is 417 g/mol. The highest BCUT2D eigenvalue weighted by Crippen LogP contribution is 2.38. The highest BCUT2D eigenvalue weighted by molar-refractivity contribution is 5.33. The van der Waals surface area contributed by atoms with Crippen LogP contribution in [0.2, 0.25) is 0 Å². The zero-order valence-corrected chi connectivity index (χ0v) is 18.0. The van der Waals surface area contributed by atoms with Crippen molar-refractivity contribution in [2.45, 2.75) is 37.7 Å². The van der Waals surface area contributed by atoms with Gasteiger partial charge in [-0.15, -0.1) is 0 Å². The van der Waals surface area contributed by atoms with Gasteiger partial charge in [-0.05, 0) is 80.1 Å². The van der Waals surface area contributed by atoms with Crippen LogP contribution in [-0.4, -0.2) is 29.6 Å². The summed E-state index contributed by atoms with van der Waals surface area (Å²) in [5, 5.41) is 10.4. The Balaban J connectivity index is 1.30. The van der Waals surface area contributed by atoms with Gasteiger partial charge < -0.3 is 10.0 Å². The number of hydrogen-bond acceptors (Lipinski definition) is 2. The van der Waals surface area contributed by atoms with Gasteiger partial charge in [0.05, 0.1) is 6.10 Å². The lowest BCUT2D eigenvalue weighted by Crippen LogP contribution is -2.36. The molecule has 1 aliphatic heterocycles. The summed E-state index contributed by atoms with van der Waals surface area (Å²) >= 11 is 0. The molecule has 4 rings (SSSR count). The van der Waals surface area contributed by atoms with Crippen LogP contribution in [0.25, 0.3) is 0 Å². The Hall–Kier alpha value is -2.49. The molecule has 3 aromatic carbocycles. The van der Waals surface area contributed by atoms with Crippen molar-refractivity contribution in [1.82, 2.24) is 4.90 Å². The van der Waals surface area contributed by atoms with E-state index in [9.17, 15) is 9.50 Å². The maximum atomic E-state index is 13.1. The van der Waals surface area contributed by atoms with Gasteiger partial charge in [0.25, 0.3) is 0 Å². The van der Waals surface area contributed by atoms with Crippen molar-refractivity contribution in [3.8, 4) is 0 Å². The molecule has 1 heterocycles. The Kier molecular flexibility index (Phi) is 7.50. The molecule has 2 nitrogen and oxygen atoms in total. The second-order valence-electron chi connectivity index (χ2n) is 8.69. The number of piperidine rings is 1. The van der Waals surface area contributed by atoms with E-state index in [1.165, 1.54) is 36.1 Å². The zero-order chi connectivity index (χ0) is 21.5. The van der Waals surface area contributed by atoms with Crippen LogP contribution in [0.4, 0.5) is 4.39 Å². The Morgan fingerprint density at radius 3 is 1.87 bits per heavy atom. The van der Waals surface area contributed by atoms with E-state index in [0.29, 0.717) is 18.3 Å². The van der Waals surface area contributed by atoms with Crippen LogP contribution in [-0.2, 0) is 0 Å². The van der Waals surface area contributed by atoms with Gasteiger partial charge in [0.1, 0.15) is 5.82 Å². The van der Waals surface area contributed by atoms with Gasteiger partial charge in [-0.25, -0.2) is 4.39 Å². The average Bonchev–Trinajstić information content (AvgIpc) is 2.82. The fraction of sp³-hybridized carbons (Fsp3) is 0.357. The van der Waals surface area contributed by atoms with Gasteiger partial charge in [0.2, 0.25) is 0 Å². The van der Waals surface area contributed by atoms with Crippen LogP contribution in [0.1, 0.15) is 54.4 Å². The average molecular weight is 418 g/mol. The van der Waals surface area contributed by atoms with Crippen molar-refractivity contribution < 1.29 is 9.50 Å². The van der Waals surface area contributed by atoms with Crippen LogP contribution < -0.4 is 0 Å². The number of rotatable bonds is 8. The molecule has 162 valence electrons. The molecule has 1 saturated heterocycles. The minimum Gasteiger partial charge on any atom is -0.388 e. The van der Waals surface area contributed by atoms with Crippen LogP contribution in [0.15, 0.2) is 84.9 Å². The van der Waals surface area contributed by atoms with Crippen LogP contribution in [0, 0.1) is 11.7 Å². The highest BCUT2D eigenvalue weighted by Gasteiger charge is 2.28. The van der Waals surface area contributed by atoms with Gasteiger partial charge in [-0.1, -0.05) is 72.8 Å². The molecule has 0 aromatic heterocycles. The van der Waals surface area contributed by atoms with E-state index < -0.39 is 6.10 Å². The fourth-order valence-electron chi connectivity index (χ4n) is 4.93. The summed E-state index contributed by atoms with van der Waals surface area (Å²) in [6.45, 7) is 3.22. The van der Waals surface area contributed by atoms with Gasteiger partial charge in [0.15, 0.2) is 0 Å². The quantitative estimate of drug-likeness (QED) is 0.473. The molecular weight excluding hydrogens is 385 g/mol. The molecule has 0 amide bonds. The highest BCUT2D eigenvalue weighted by atomic mass is 19.1. The number of hydrogen-bond donors (Lipinski definition) is 1. The molecule has 3 aromatic rings.